The van der Waals surface area contributed by atoms with E-state index in [4.69, 9.17) is 23.2 Å². The molecule has 134 valence electrons. The van der Waals surface area contributed by atoms with Crippen LogP contribution in [0.2, 0.25) is 10.0 Å². The lowest BCUT2D eigenvalue weighted by Gasteiger charge is -2.16. The number of hydrogen-bond donors (Lipinski definition) is 1. The normalized spacial score (nSPS) is 10.8. The summed E-state index contributed by atoms with van der Waals surface area (Å²) in [6, 6.07) is 8.84. The van der Waals surface area contributed by atoms with Gasteiger partial charge in [-0.2, -0.15) is 4.98 Å². The van der Waals surface area contributed by atoms with Crippen molar-refractivity contribution in [3.8, 4) is 0 Å². The largest absolute Gasteiger partial charge is 0.325 e. The van der Waals surface area contributed by atoms with Gasteiger partial charge in [-0.1, -0.05) is 35.3 Å². The van der Waals surface area contributed by atoms with Crippen LogP contribution in [0.3, 0.4) is 0 Å². The Morgan fingerprint density at radius 2 is 1.88 bits per heavy atom. The number of nitrogens with zero attached hydrogens (tertiary/aromatic N) is 2. The molecule has 0 bridgehead atoms. The Morgan fingerprint density at radius 3 is 2.62 bits per heavy atom. The molecule has 1 heterocycles. The molecule has 0 radical (unpaired) electrons. The standard InChI is InChI=1S/C18H13Cl2F2N3O/c1-10-12(19)3-2-4-16(10)23-18-24-17(26)13(20)9-25(18)8-11-5-6-14(21)15(22)7-11/h2-7,9H,8H2,1H3,(H,23,24,26). The molecular weight excluding hydrogens is 383 g/mol. The molecule has 0 aliphatic carbocycles. The third-order valence-electron chi connectivity index (χ3n) is 3.80. The molecule has 0 spiro atoms. The molecule has 0 aliphatic rings. The van der Waals surface area contributed by atoms with Crippen LogP contribution in [0.15, 0.2) is 47.4 Å². The van der Waals surface area contributed by atoms with Crippen LogP contribution in [0.4, 0.5) is 20.4 Å². The second-order valence-corrected chi connectivity index (χ2v) is 6.45. The van der Waals surface area contributed by atoms with Gasteiger partial charge in [-0.25, -0.2) is 8.78 Å². The van der Waals surface area contributed by atoms with Gasteiger partial charge < -0.3 is 9.88 Å². The number of hydrogen-bond acceptors (Lipinski definition) is 3. The lowest BCUT2D eigenvalue weighted by atomic mass is 10.2. The van der Waals surface area contributed by atoms with Crippen LogP contribution >= 0.6 is 23.2 Å². The molecule has 26 heavy (non-hydrogen) atoms. The fourth-order valence-electron chi connectivity index (χ4n) is 2.39. The number of rotatable bonds is 4. The minimum atomic E-state index is -0.956. The van der Waals surface area contributed by atoms with Crippen LogP contribution in [0.1, 0.15) is 11.1 Å². The fraction of sp³-hybridized carbons (Fsp3) is 0.111. The van der Waals surface area contributed by atoms with E-state index in [-0.39, 0.29) is 17.5 Å². The van der Waals surface area contributed by atoms with E-state index in [9.17, 15) is 13.6 Å². The zero-order chi connectivity index (χ0) is 18.8. The van der Waals surface area contributed by atoms with E-state index in [1.165, 1.54) is 16.8 Å². The highest BCUT2D eigenvalue weighted by molar-refractivity contribution is 6.31. The Labute approximate surface area is 158 Å². The highest BCUT2D eigenvalue weighted by atomic mass is 35.5. The summed E-state index contributed by atoms with van der Waals surface area (Å²) in [5.41, 5.74) is 1.31. The molecule has 0 saturated carbocycles. The van der Waals surface area contributed by atoms with Gasteiger partial charge in [0.15, 0.2) is 11.6 Å². The summed E-state index contributed by atoms with van der Waals surface area (Å²) in [5, 5.41) is 3.51. The second kappa shape index (κ2) is 7.43. The molecule has 1 N–H and O–H groups in total. The van der Waals surface area contributed by atoms with Crippen molar-refractivity contribution in [2.45, 2.75) is 13.5 Å². The highest BCUT2D eigenvalue weighted by Gasteiger charge is 2.11. The molecule has 4 nitrogen and oxygen atoms in total. The van der Waals surface area contributed by atoms with Crippen LogP contribution in [-0.2, 0) is 6.54 Å². The molecule has 0 amide bonds. The van der Waals surface area contributed by atoms with Crippen LogP contribution in [0, 0.1) is 18.6 Å². The first-order valence-corrected chi connectivity index (χ1v) is 8.34. The Bertz CT molecular complexity index is 1040. The van der Waals surface area contributed by atoms with Crippen LogP contribution in [0.25, 0.3) is 0 Å². The molecule has 0 fully saturated rings. The van der Waals surface area contributed by atoms with Gasteiger partial charge in [-0.15, -0.1) is 0 Å². The van der Waals surface area contributed by atoms with E-state index < -0.39 is 17.2 Å². The van der Waals surface area contributed by atoms with E-state index in [1.807, 2.05) is 6.92 Å². The first-order valence-electron chi connectivity index (χ1n) is 7.58. The quantitative estimate of drug-likeness (QED) is 0.681. The van der Waals surface area contributed by atoms with Crippen molar-refractivity contribution in [3.63, 3.8) is 0 Å². The zero-order valence-corrected chi connectivity index (χ0v) is 15.1. The molecule has 0 saturated heterocycles. The topological polar surface area (TPSA) is 46.9 Å². The van der Waals surface area contributed by atoms with Crippen molar-refractivity contribution in [2.24, 2.45) is 0 Å². The predicted molar refractivity (Wildman–Crippen MR) is 98.4 cm³/mol. The minimum Gasteiger partial charge on any atom is -0.325 e. The van der Waals surface area contributed by atoms with Crippen LogP contribution < -0.4 is 10.9 Å². The number of halogens is 4. The number of aromatic nitrogens is 2. The Kier molecular flexibility index (Phi) is 5.25. The summed E-state index contributed by atoms with van der Waals surface area (Å²) < 4.78 is 28.1. The van der Waals surface area contributed by atoms with E-state index in [2.05, 4.69) is 10.3 Å². The summed E-state index contributed by atoms with van der Waals surface area (Å²) in [5.74, 6) is -1.69. The molecule has 0 unspecified atom stereocenters. The van der Waals surface area contributed by atoms with Crippen molar-refractivity contribution in [2.75, 3.05) is 5.32 Å². The number of benzene rings is 2. The second-order valence-electron chi connectivity index (χ2n) is 5.63. The Morgan fingerprint density at radius 1 is 1.12 bits per heavy atom. The molecule has 2 aromatic carbocycles. The molecular formula is C18H13Cl2F2N3O. The summed E-state index contributed by atoms with van der Waals surface area (Å²) in [7, 11) is 0. The summed E-state index contributed by atoms with van der Waals surface area (Å²) in [6.45, 7) is 1.95. The SMILES string of the molecule is Cc1c(Cl)cccc1Nc1nc(=O)c(Cl)cn1Cc1ccc(F)c(F)c1. The van der Waals surface area contributed by atoms with E-state index >= 15 is 0 Å². The van der Waals surface area contributed by atoms with Crippen molar-refractivity contribution in [1.29, 1.82) is 0 Å². The third-order valence-corrected chi connectivity index (χ3v) is 4.47. The summed E-state index contributed by atoms with van der Waals surface area (Å²) in [6.07, 6.45) is 1.39. The first kappa shape index (κ1) is 18.4. The van der Waals surface area contributed by atoms with Crippen molar-refractivity contribution < 1.29 is 8.78 Å². The van der Waals surface area contributed by atoms with E-state index in [0.717, 1.165) is 17.7 Å². The maximum absolute atomic E-state index is 13.5. The molecule has 1 aromatic heterocycles. The smallest absolute Gasteiger partial charge is 0.293 e. The molecule has 0 aliphatic heterocycles. The molecule has 0 atom stereocenters. The zero-order valence-electron chi connectivity index (χ0n) is 13.6. The predicted octanol–water partition coefficient (Wildman–Crippen LogP) is 4.93. The number of nitrogens with one attached hydrogen (secondary N) is 1. The average Bonchev–Trinajstić information content (AvgIpc) is 2.59. The maximum atomic E-state index is 13.5. The van der Waals surface area contributed by atoms with E-state index in [0.29, 0.717) is 16.3 Å². The third kappa shape index (κ3) is 3.86. The maximum Gasteiger partial charge on any atom is 0.293 e. The fourth-order valence-corrected chi connectivity index (χ4v) is 2.72. The minimum absolute atomic E-state index is 0.0825. The van der Waals surface area contributed by atoms with Gasteiger partial charge in [0.05, 0.1) is 6.54 Å². The lowest BCUT2D eigenvalue weighted by Crippen LogP contribution is -2.18. The Hall–Kier alpha value is -2.44. The van der Waals surface area contributed by atoms with Crippen molar-refractivity contribution in [1.82, 2.24) is 9.55 Å². The summed E-state index contributed by atoms with van der Waals surface area (Å²) >= 11 is 12.0. The average molecular weight is 396 g/mol. The molecule has 3 rings (SSSR count). The van der Waals surface area contributed by atoms with Gasteiger partial charge in [0.2, 0.25) is 5.95 Å². The highest BCUT2D eigenvalue weighted by Crippen LogP contribution is 2.26. The molecule has 8 heteroatoms. The van der Waals surface area contributed by atoms with Gasteiger partial charge in [0.25, 0.3) is 5.56 Å². The van der Waals surface area contributed by atoms with Gasteiger partial charge in [-0.05, 0) is 42.3 Å². The van der Waals surface area contributed by atoms with E-state index in [1.54, 1.807) is 18.2 Å². The monoisotopic (exact) mass is 395 g/mol. The van der Waals surface area contributed by atoms with Gasteiger partial charge in [0, 0.05) is 16.9 Å². The van der Waals surface area contributed by atoms with Gasteiger partial charge in [-0.3, -0.25) is 4.79 Å². The molecule has 3 aromatic rings. The van der Waals surface area contributed by atoms with Gasteiger partial charge in [0.1, 0.15) is 5.02 Å². The van der Waals surface area contributed by atoms with Crippen molar-refractivity contribution >= 4 is 34.8 Å². The number of anilines is 2. The van der Waals surface area contributed by atoms with Crippen LogP contribution in [0.5, 0.6) is 0 Å². The first-order chi connectivity index (χ1) is 12.3. The summed E-state index contributed by atoms with van der Waals surface area (Å²) in [4.78, 5) is 15.8. The van der Waals surface area contributed by atoms with Crippen LogP contribution in [-0.4, -0.2) is 9.55 Å². The Balaban J connectivity index is 2.01. The van der Waals surface area contributed by atoms with Gasteiger partial charge >= 0.3 is 0 Å². The van der Waals surface area contributed by atoms with Crippen molar-refractivity contribution in [3.05, 3.63) is 85.8 Å². The lowest BCUT2D eigenvalue weighted by molar-refractivity contribution is 0.506.